The van der Waals surface area contributed by atoms with E-state index in [0.717, 1.165) is 24.0 Å². The second kappa shape index (κ2) is 10.6. The van der Waals surface area contributed by atoms with Gasteiger partial charge in [-0.15, -0.1) is 0 Å². The van der Waals surface area contributed by atoms with Crippen molar-refractivity contribution in [2.75, 3.05) is 23.4 Å². The van der Waals surface area contributed by atoms with Crippen LogP contribution >= 0.6 is 0 Å². The highest BCUT2D eigenvalue weighted by atomic mass is 32.2. The zero-order valence-electron chi connectivity index (χ0n) is 15.8. The van der Waals surface area contributed by atoms with Crippen molar-refractivity contribution in [1.82, 2.24) is 5.32 Å². The topological polar surface area (TPSA) is 75.3 Å². The molecule has 0 saturated heterocycles. The minimum Gasteiger partial charge on any atom is -0.355 e. The summed E-state index contributed by atoms with van der Waals surface area (Å²) in [6, 6.07) is 15.6. The Morgan fingerprint density at radius 2 is 1.63 bits per heavy atom. The van der Waals surface area contributed by atoms with Gasteiger partial charge in [-0.2, -0.15) is 0 Å². The van der Waals surface area contributed by atoms with E-state index in [4.69, 9.17) is 0 Å². The van der Waals surface area contributed by atoms with Gasteiger partial charge in [-0.3, -0.25) is 13.8 Å². The highest BCUT2D eigenvalue weighted by Gasteiger charge is 2.12. The molecule has 0 aliphatic heterocycles. The van der Waals surface area contributed by atoms with Crippen LogP contribution in [0.25, 0.3) is 0 Å². The normalized spacial score (nSPS) is 11.6. The van der Waals surface area contributed by atoms with Gasteiger partial charge >= 0.3 is 0 Å². The summed E-state index contributed by atoms with van der Waals surface area (Å²) in [6.07, 6.45) is 1.69. The van der Waals surface area contributed by atoms with E-state index in [1.54, 1.807) is 0 Å². The van der Waals surface area contributed by atoms with Crippen LogP contribution in [0.5, 0.6) is 0 Å². The number of amides is 2. The summed E-state index contributed by atoms with van der Waals surface area (Å²) < 4.78 is 12.0. The first-order valence-electron chi connectivity index (χ1n) is 8.97. The summed E-state index contributed by atoms with van der Waals surface area (Å²) in [5.74, 6) is -0.996. The fourth-order valence-electron chi connectivity index (χ4n) is 2.58. The number of carbonyl (C=O) groups excluding carboxylic acids is 2. The van der Waals surface area contributed by atoms with Crippen LogP contribution in [-0.2, 0) is 26.8 Å². The molecule has 1 atom stereocenters. The van der Waals surface area contributed by atoms with Crippen molar-refractivity contribution in [3.8, 4) is 0 Å². The van der Waals surface area contributed by atoms with Crippen LogP contribution in [0.3, 0.4) is 0 Å². The lowest BCUT2D eigenvalue weighted by atomic mass is 10.1. The molecule has 0 spiro atoms. The van der Waals surface area contributed by atoms with Crippen LogP contribution in [-0.4, -0.2) is 34.1 Å². The van der Waals surface area contributed by atoms with Gasteiger partial charge in [0.05, 0.1) is 0 Å². The largest absolute Gasteiger partial charge is 0.355 e. The molecule has 144 valence electrons. The van der Waals surface area contributed by atoms with Crippen LogP contribution in [0.1, 0.15) is 23.1 Å². The molecule has 0 heterocycles. The minimum absolute atomic E-state index is 0.161. The summed E-state index contributed by atoms with van der Waals surface area (Å²) in [5, 5.41) is 5.48. The van der Waals surface area contributed by atoms with Crippen molar-refractivity contribution in [2.24, 2.45) is 0 Å². The van der Waals surface area contributed by atoms with Crippen LogP contribution in [0, 0.1) is 13.8 Å². The molecule has 0 fully saturated rings. The number of nitrogens with one attached hydrogen (secondary N) is 2. The van der Waals surface area contributed by atoms with Crippen molar-refractivity contribution in [1.29, 1.82) is 0 Å². The van der Waals surface area contributed by atoms with Gasteiger partial charge < -0.3 is 10.6 Å². The van der Waals surface area contributed by atoms with E-state index in [1.165, 1.54) is 5.56 Å². The van der Waals surface area contributed by atoms with Gasteiger partial charge in [-0.1, -0.05) is 36.4 Å². The number of anilines is 1. The molecule has 2 amide bonds. The Kier molecular flexibility index (Phi) is 8.20. The standard InChI is InChI=1S/C21H26N2O3S/c1-16-10-11-19(13-17(16)2)23-21(25)15-27(26)14-20(24)22-12-6-9-18-7-4-3-5-8-18/h3-5,7-8,10-11,13H,6,9,12,14-15H2,1-2H3,(H,22,24)(H,23,25). The summed E-state index contributed by atoms with van der Waals surface area (Å²) in [5.41, 5.74) is 4.10. The van der Waals surface area contributed by atoms with Crippen LogP contribution < -0.4 is 10.6 Å². The van der Waals surface area contributed by atoms with Crippen molar-refractivity contribution in [3.05, 3.63) is 65.2 Å². The molecule has 0 aliphatic rings. The highest BCUT2D eigenvalue weighted by Crippen LogP contribution is 2.14. The molecule has 2 N–H and O–H groups in total. The fraction of sp³-hybridized carbons (Fsp3) is 0.333. The predicted octanol–water partition coefficient (Wildman–Crippen LogP) is 2.74. The van der Waals surface area contributed by atoms with E-state index < -0.39 is 10.8 Å². The average molecular weight is 387 g/mol. The van der Waals surface area contributed by atoms with Crippen molar-refractivity contribution in [3.63, 3.8) is 0 Å². The average Bonchev–Trinajstić information content (AvgIpc) is 2.62. The monoisotopic (exact) mass is 386 g/mol. The number of hydrogen-bond donors (Lipinski definition) is 2. The maximum atomic E-state index is 12.0. The van der Waals surface area contributed by atoms with Gasteiger partial charge in [0.25, 0.3) is 0 Å². The number of hydrogen-bond acceptors (Lipinski definition) is 3. The molecule has 0 aromatic heterocycles. The molecule has 0 bridgehead atoms. The van der Waals surface area contributed by atoms with Gasteiger partial charge in [0.15, 0.2) is 0 Å². The Hall–Kier alpha value is -2.47. The Morgan fingerprint density at radius 1 is 0.926 bits per heavy atom. The summed E-state index contributed by atoms with van der Waals surface area (Å²) >= 11 is 0. The second-order valence-corrected chi connectivity index (χ2v) is 7.97. The Bertz CT molecular complexity index is 806. The molecule has 2 rings (SSSR count). The SMILES string of the molecule is Cc1ccc(NC(=O)CS(=O)CC(=O)NCCCc2ccccc2)cc1C. The first-order valence-corrected chi connectivity index (χ1v) is 10.5. The lowest BCUT2D eigenvalue weighted by Crippen LogP contribution is -2.32. The highest BCUT2D eigenvalue weighted by molar-refractivity contribution is 7.86. The third kappa shape index (κ3) is 7.74. The van der Waals surface area contributed by atoms with Crippen molar-refractivity contribution < 1.29 is 13.8 Å². The first-order chi connectivity index (χ1) is 12.9. The van der Waals surface area contributed by atoms with Gasteiger partial charge in [-0.05, 0) is 55.5 Å². The van der Waals surface area contributed by atoms with Gasteiger partial charge in [0, 0.05) is 23.0 Å². The lowest BCUT2D eigenvalue weighted by molar-refractivity contribution is -0.118. The van der Waals surface area contributed by atoms with Crippen molar-refractivity contribution >= 4 is 28.3 Å². The van der Waals surface area contributed by atoms with Gasteiger partial charge in [-0.25, -0.2) is 0 Å². The third-order valence-electron chi connectivity index (χ3n) is 4.18. The zero-order valence-corrected chi connectivity index (χ0v) is 16.6. The predicted molar refractivity (Wildman–Crippen MR) is 110 cm³/mol. The summed E-state index contributed by atoms with van der Waals surface area (Å²) in [7, 11) is -1.53. The number of aryl methyl sites for hydroxylation is 3. The van der Waals surface area contributed by atoms with Crippen molar-refractivity contribution in [2.45, 2.75) is 26.7 Å². The molecule has 6 heteroatoms. The Labute approximate surface area is 163 Å². The maximum absolute atomic E-state index is 12.0. The lowest BCUT2D eigenvalue weighted by Gasteiger charge is -2.08. The molecule has 5 nitrogen and oxygen atoms in total. The van der Waals surface area contributed by atoms with Gasteiger partial charge in [0.1, 0.15) is 11.5 Å². The molecule has 0 radical (unpaired) electrons. The molecular weight excluding hydrogens is 360 g/mol. The van der Waals surface area contributed by atoms with E-state index in [-0.39, 0.29) is 23.3 Å². The first kappa shape index (κ1) is 20.8. The summed E-state index contributed by atoms with van der Waals surface area (Å²) in [6.45, 7) is 4.49. The Balaban J connectivity index is 1.65. The number of rotatable bonds is 9. The summed E-state index contributed by atoms with van der Waals surface area (Å²) in [4.78, 5) is 23.8. The van der Waals surface area contributed by atoms with E-state index in [1.807, 2.05) is 62.4 Å². The Morgan fingerprint density at radius 3 is 2.33 bits per heavy atom. The van der Waals surface area contributed by atoms with Crippen LogP contribution in [0.2, 0.25) is 0 Å². The smallest absolute Gasteiger partial charge is 0.237 e. The number of benzene rings is 2. The molecule has 2 aromatic rings. The minimum atomic E-state index is -1.53. The van der Waals surface area contributed by atoms with Gasteiger partial charge in [0.2, 0.25) is 11.8 Å². The number of carbonyl (C=O) groups is 2. The molecule has 2 aromatic carbocycles. The zero-order chi connectivity index (χ0) is 19.6. The van der Waals surface area contributed by atoms with Crippen LogP contribution in [0.4, 0.5) is 5.69 Å². The van der Waals surface area contributed by atoms with E-state index in [2.05, 4.69) is 10.6 Å². The van der Waals surface area contributed by atoms with E-state index >= 15 is 0 Å². The molecule has 1 unspecified atom stereocenters. The molecule has 0 saturated carbocycles. The fourth-order valence-corrected chi connectivity index (χ4v) is 3.44. The molecule has 27 heavy (non-hydrogen) atoms. The maximum Gasteiger partial charge on any atom is 0.237 e. The van der Waals surface area contributed by atoms with E-state index in [0.29, 0.717) is 12.2 Å². The second-order valence-electron chi connectivity index (χ2n) is 6.51. The van der Waals surface area contributed by atoms with Crippen LogP contribution in [0.15, 0.2) is 48.5 Å². The molecular formula is C21H26N2O3S. The third-order valence-corrected chi connectivity index (χ3v) is 5.35. The molecule has 0 aliphatic carbocycles. The quantitative estimate of drug-likeness (QED) is 0.651. The van der Waals surface area contributed by atoms with E-state index in [9.17, 15) is 13.8 Å².